The number of hydrogen-bond donors (Lipinski definition) is 3. The first kappa shape index (κ1) is 9.54. The van der Waals surface area contributed by atoms with Crippen molar-refractivity contribution < 1.29 is 9.90 Å². The molecule has 4 heteroatoms. The molecule has 0 aliphatic rings. The van der Waals surface area contributed by atoms with Crippen molar-refractivity contribution in [1.82, 2.24) is 0 Å². The Morgan fingerprint density at radius 2 is 1.85 bits per heavy atom. The highest BCUT2D eigenvalue weighted by Gasteiger charge is 2.17. The van der Waals surface area contributed by atoms with Crippen LogP contribution < -0.4 is 11.5 Å². The van der Waals surface area contributed by atoms with E-state index in [2.05, 4.69) is 0 Å². The van der Waals surface area contributed by atoms with Crippen LogP contribution >= 0.6 is 0 Å². The number of anilines is 2. The molecule has 4 nitrogen and oxygen atoms in total. The number of aliphatic hydroxyl groups excluding tert-OH is 1. The minimum absolute atomic E-state index is 0.301. The minimum Gasteiger partial charge on any atom is -0.398 e. The normalized spacial score (nSPS) is 12.5. The molecule has 0 aliphatic heterocycles. The Kier molecular flexibility index (Phi) is 2.53. The highest BCUT2D eigenvalue weighted by atomic mass is 16.3. The molecular formula is C9H12N2O2. The molecule has 0 aliphatic carbocycles. The quantitative estimate of drug-likeness (QED) is 0.577. The van der Waals surface area contributed by atoms with Crippen LogP contribution in [-0.2, 0) is 4.79 Å². The molecule has 0 saturated heterocycles. The standard InChI is InChI=1S/C9H12N2O2/c1-5(12)9(13)8-6(10)3-2-4-7(8)11/h2-4,9,13H,10-11H2,1H3/t9-/m0/s1. The molecule has 0 bridgehead atoms. The topological polar surface area (TPSA) is 89.3 Å². The van der Waals surface area contributed by atoms with Gasteiger partial charge in [0, 0.05) is 16.9 Å². The van der Waals surface area contributed by atoms with Gasteiger partial charge in [0.1, 0.15) is 6.10 Å². The highest BCUT2D eigenvalue weighted by molar-refractivity contribution is 5.85. The summed E-state index contributed by atoms with van der Waals surface area (Å²) in [6, 6.07) is 4.86. The number of carbonyl (C=O) groups excluding carboxylic acids is 1. The van der Waals surface area contributed by atoms with E-state index in [-0.39, 0.29) is 5.78 Å². The first-order valence-electron chi connectivity index (χ1n) is 3.86. The van der Waals surface area contributed by atoms with Crippen molar-refractivity contribution in [3.8, 4) is 0 Å². The lowest BCUT2D eigenvalue weighted by Crippen LogP contribution is -2.12. The Bertz CT molecular complexity index is 316. The van der Waals surface area contributed by atoms with Crippen molar-refractivity contribution in [2.24, 2.45) is 0 Å². The van der Waals surface area contributed by atoms with Crippen molar-refractivity contribution >= 4 is 17.2 Å². The lowest BCUT2D eigenvalue weighted by Gasteiger charge is -2.12. The van der Waals surface area contributed by atoms with Gasteiger partial charge >= 0.3 is 0 Å². The van der Waals surface area contributed by atoms with E-state index in [0.29, 0.717) is 16.9 Å². The first-order chi connectivity index (χ1) is 6.04. The molecule has 1 aromatic carbocycles. The Morgan fingerprint density at radius 3 is 2.23 bits per heavy atom. The van der Waals surface area contributed by atoms with Crippen LogP contribution in [0, 0.1) is 0 Å². The molecule has 13 heavy (non-hydrogen) atoms. The largest absolute Gasteiger partial charge is 0.398 e. The van der Waals surface area contributed by atoms with Crippen molar-refractivity contribution in [1.29, 1.82) is 0 Å². The summed E-state index contributed by atoms with van der Waals surface area (Å²) >= 11 is 0. The SMILES string of the molecule is CC(=O)[C@H](O)c1c(N)cccc1N. The van der Waals surface area contributed by atoms with Crippen molar-refractivity contribution in [2.75, 3.05) is 11.5 Å². The van der Waals surface area contributed by atoms with E-state index in [1.807, 2.05) is 0 Å². The molecule has 1 atom stereocenters. The van der Waals surface area contributed by atoms with Gasteiger partial charge in [-0.05, 0) is 19.1 Å². The van der Waals surface area contributed by atoms with Gasteiger partial charge in [-0.2, -0.15) is 0 Å². The predicted molar refractivity (Wildman–Crippen MR) is 50.9 cm³/mol. The number of benzene rings is 1. The molecule has 0 saturated carbocycles. The minimum atomic E-state index is -1.22. The summed E-state index contributed by atoms with van der Waals surface area (Å²) in [6.07, 6.45) is -1.22. The first-order valence-corrected chi connectivity index (χ1v) is 3.86. The summed E-state index contributed by atoms with van der Waals surface area (Å²) in [4.78, 5) is 10.9. The Balaban J connectivity index is 3.20. The van der Waals surface area contributed by atoms with Gasteiger partial charge in [0.25, 0.3) is 0 Å². The zero-order chi connectivity index (χ0) is 10.0. The average Bonchev–Trinajstić information content (AvgIpc) is 2.03. The Hall–Kier alpha value is -1.55. The second kappa shape index (κ2) is 3.45. The fraction of sp³-hybridized carbons (Fsp3) is 0.222. The van der Waals surface area contributed by atoms with Crippen LogP contribution in [0.1, 0.15) is 18.6 Å². The smallest absolute Gasteiger partial charge is 0.162 e. The molecule has 0 fully saturated rings. The van der Waals surface area contributed by atoms with Crippen LogP contribution in [0.5, 0.6) is 0 Å². The van der Waals surface area contributed by atoms with Gasteiger partial charge in [-0.1, -0.05) is 6.07 Å². The highest BCUT2D eigenvalue weighted by Crippen LogP contribution is 2.26. The van der Waals surface area contributed by atoms with Gasteiger partial charge in [-0.3, -0.25) is 4.79 Å². The van der Waals surface area contributed by atoms with E-state index in [9.17, 15) is 9.90 Å². The molecule has 70 valence electrons. The molecule has 0 spiro atoms. The van der Waals surface area contributed by atoms with Crippen molar-refractivity contribution in [3.63, 3.8) is 0 Å². The monoisotopic (exact) mass is 180 g/mol. The summed E-state index contributed by atoms with van der Waals surface area (Å²) in [6.45, 7) is 1.29. The zero-order valence-corrected chi connectivity index (χ0v) is 7.32. The number of nitrogen functional groups attached to an aromatic ring is 2. The number of hydrogen-bond acceptors (Lipinski definition) is 4. The fourth-order valence-corrected chi connectivity index (χ4v) is 1.12. The zero-order valence-electron chi connectivity index (χ0n) is 7.32. The van der Waals surface area contributed by atoms with Crippen LogP contribution in [0.2, 0.25) is 0 Å². The molecular weight excluding hydrogens is 168 g/mol. The van der Waals surface area contributed by atoms with Crippen LogP contribution in [-0.4, -0.2) is 10.9 Å². The summed E-state index contributed by atoms with van der Waals surface area (Å²) < 4.78 is 0. The van der Waals surface area contributed by atoms with Crippen molar-refractivity contribution in [2.45, 2.75) is 13.0 Å². The van der Waals surface area contributed by atoms with Gasteiger partial charge in [0.15, 0.2) is 5.78 Å². The van der Waals surface area contributed by atoms with E-state index in [1.165, 1.54) is 6.92 Å². The molecule has 0 aromatic heterocycles. The number of carbonyl (C=O) groups is 1. The van der Waals surface area contributed by atoms with E-state index < -0.39 is 6.10 Å². The number of aliphatic hydroxyl groups is 1. The maximum Gasteiger partial charge on any atom is 0.162 e. The molecule has 5 N–H and O–H groups in total. The van der Waals surface area contributed by atoms with Gasteiger partial charge in [-0.25, -0.2) is 0 Å². The van der Waals surface area contributed by atoms with E-state index >= 15 is 0 Å². The van der Waals surface area contributed by atoms with E-state index in [1.54, 1.807) is 18.2 Å². The summed E-state index contributed by atoms with van der Waals surface area (Å²) in [7, 11) is 0. The number of nitrogens with two attached hydrogens (primary N) is 2. The maximum atomic E-state index is 10.9. The maximum absolute atomic E-state index is 10.9. The second-order valence-electron chi connectivity index (χ2n) is 2.86. The summed E-state index contributed by atoms with van der Waals surface area (Å²) in [5, 5.41) is 9.45. The second-order valence-corrected chi connectivity index (χ2v) is 2.86. The Morgan fingerprint density at radius 1 is 1.38 bits per heavy atom. The van der Waals surface area contributed by atoms with Crippen LogP contribution in [0.25, 0.3) is 0 Å². The number of rotatable bonds is 2. The van der Waals surface area contributed by atoms with Crippen LogP contribution in [0.3, 0.4) is 0 Å². The summed E-state index contributed by atoms with van der Waals surface area (Å²) in [5.41, 5.74) is 12.1. The van der Waals surface area contributed by atoms with E-state index in [4.69, 9.17) is 11.5 Å². The molecule has 0 amide bonds. The predicted octanol–water partition coefficient (Wildman–Crippen LogP) is 0.473. The average molecular weight is 180 g/mol. The third-order valence-corrected chi connectivity index (χ3v) is 1.83. The van der Waals surface area contributed by atoms with Crippen LogP contribution in [0.15, 0.2) is 18.2 Å². The molecule has 0 heterocycles. The van der Waals surface area contributed by atoms with E-state index in [0.717, 1.165) is 0 Å². The molecule has 1 aromatic rings. The van der Waals surface area contributed by atoms with Crippen molar-refractivity contribution in [3.05, 3.63) is 23.8 Å². The van der Waals surface area contributed by atoms with Gasteiger partial charge in [0.2, 0.25) is 0 Å². The number of ketones is 1. The molecule has 1 rings (SSSR count). The third kappa shape index (κ3) is 1.78. The fourth-order valence-electron chi connectivity index (χ4n) is 1.12. The van der Waals surface area contributed by atoms with Crippen LogP contribution in [0.4, 0.5) is 11.4 Å². The lowest BCUT2D eigenvalue weighted by atomic mass is 10.0. The third-order valence-electron chi connectivity index (χ3n) is 1.83. The molecule has 0 radical (unpaired) electrons. The Labute approximate surface area is 76.2 Å². The number of Topliss-reactive ketones (excluding diaryl/α,β-unsaturated/α-hetero) is 1. The van der Waals surface area contributed by atoms with Gasteiger partial charge < -0.3 is 16.6 Å². The van der Waals surface area contributed by atoms with Gasteiger partial charge in [-0.15, -0.1) is 0 Å². The summed E-state index contributed by atoms with van der Waals surface area (Å²) in [5.74, 6) is -0.371. The lowest BCUT2D eigenvalue weighted by molar-refractivity contribution is -0.125. The molecule has 0 unspecified atom stereocenters. The van der Waals surface area contributed by atoms with Gasteiger partial charge in [0.05, 0.1) is 0 Å².